The number of benzene rings is 6. The Hall–Kier alpha value is -5.80. The van der Waals surface area contributed by atoms with Crippen LogP contribution in [0, 0.1) is 45.1 Å². The van der Waals surface area contributed by atoms with Gasteiger partial charge in [-0.15, -0.1) is 0 Å². The molecule has 0 bridgehead atoms. The highest BCUT2D eigenvalue weighted by atomic mass is 79.9. The number of H-pyrrole nitrogens is 2. The van der Waals surface area contributed by atoms with E-state index in [9.17, 15) is 34.0 Å². The van der Waals surface area contributed by atoms with Crippen LogP contribution in [0.25, 0.3) is 11.1 Å². The molecule has 94 heavy (non-hydrogen) atoms. The highest BCUT2D eigenvalue weighted by Crippen LogP contribution is 2.42. The molecule has 24 heteroatoms. The van der Waals surface area contributed by atoms with Gasteiger partial charge in [-0.1, -0.05) is 147 Å². The van der Waals surface area contributed by atoms with Gasteiger partial charge >= 0.3 is 7.12 Å². The van der Waals surface area contributed by atoms with E-state index in [0.29, 0.717) is 44.9 Å². The Kier molecular flexibility index (Phi) is 23.1. The van der Waals surface area contributed by atoms with Crippen molar-refractivity contribution < 1.29 is 47.7 Å². The van der Waals surface area contributed by atoms with E-state index in [-0.39, 0.29) is 56.1 Å². The number of aromatic amines is 2. The molecular weight excluding hydrogens is 1390 g/mol. The molecule has 4 fully saturated rings. The van der Waals surface area contributed by atoms with Gasteiger partial charge in [-0.25, -0.2) is 38.4 Å². The molecule has 0 saturated carbocycles. The summed E-state index contributed by atoms with van der Waals surface area (Å²) < 4.78 is 140. The van der Waals surface area contributed by atoms with Crippen molar-refractivity contribution in [3.05, 3.63) is 228 Å². The predicted molar refractivity (Wildman–Crippen MR) is 372 cm³/mol. The minimum absolute atomic E-state index is 0.0301. The number of sulfonamides is 3. The van der Waals surface area contributed by atoms with Gasteiger partial charge in [0.25, 0.3) is 0 Å². The van der Waals surface area contributed by atoms with Crippen LogP contribution < -0.4 is 5.46 Å². The number of halogens is 5. The summed E-state index contributed by atoms with van der Waals surface area (Å²) in [6.07, 6.45) is 4.02. The largest absolute Gasteiger partial charge is 0.498 e. The molecular formula is C70H83BBr2F3N7O8S3. The lowest BCUT2D eigenvalue weighted by molar-refractivity contribution is 0.00578. The van der Waals surface area contributed by atoms with Crippen LogP contribution in [-0.4, -0.2) is 95.0 Å². The van der Waals surface area contributed by atoms with Crippen molar-refractivity contribution in [2.45, 2.75) is 179 Å². The van der Waals surface area contributed by atoms with Crippen LogP contribution >= 0.6 is 31.9 Å². The summed E-state index contributed by atoms with van der Waals surface area (Å²) in [7, 11) is -11.0. The molecule has 8 aromatic rings. The summed E-state index contributed by atoms with van der Waals surface area (Å²) in [5, 5.41) is 12.5. The number of hydrogen-bond acceptors (Lipinski definition) is 10. The van der Waals surface area contributed by atoms with Gasteiger partial charge in [0.1, 0.15) is 33.2 Å². The Bertz CT molecular complexity index is 4090. The fraction of sp³-hybridized carbons (Fsp3) is 0.400. The van der Waals surface area contributed by atoms with Gasteiger partial charge in [-0.2, -0.15) is 23.1 Å². The molecule has 4 aliphatic heterocycles. The Balaban J connectivity index is 0.000000151. The Morgan fingerprint density at radius 2 is 0.809 bits per heavy atom. The van der Waals surface area contributed by atoms with Gasteiger partial charge in [0.05, 0.1) is 22.6 Å². The SMILES string of the molecule is C[C@H]1CCC(c2ccccc2)S(=O)(=O)N1Cc1ccc(Br)cc1F.C[C@H]1CCC(c2ccccc2)S(=O)(=O)N1Cc1ccc(Br)cc1F.Cc1n[nH]c(C)c1-c1ccc(CN2[C@@H](C)CCC(c3ccccc3)S2(=O)=O)c(F)c1.Cc1n[nH]c(C)c1B1OC(C)(C)C(C)(C)O1. The standard InChI is InChI=1S/C23H26FN3O2S.2C18H19BrFNO2S.C11H19BN2O2/c1-15-9-12-22(18-7-5-4-6-8-18)30(28,29)27(15)14-20-11-10-19(13-21(20)24)23-16(2)25-26-17(23)3;2*1-13-7-10-18(14-5-3-2-4-6-14)24(22,23)21(13)12-15-8-9-16(19)11-17(15)20;1-7-9(8(2)14-13-7)12-15-10(3,4)11(5,6)16-12/h4-8,10-11,13,15,22H,9,12,14H2,1-3H3,(H,25,26);2*2-6,8-9,11,13,18H,7,10,12H2,1H3;1-6H3,(H,13,14)/t15-,22?;2*13-,18?;/m000./s1. The third-order valence-electron chi connectivity index (χ3n) is 18.7. The van der Waals surface area contributed by atoms with Crippen molar-refractivity contribution in [1.29, 1.82) is 0 Å². The number of rotatable bonds is 11. The van der Waals surface area contributed by atoms with Gasteiger partial charge in [-0.3, -0.25) is 10.2 Å². The first-order valence-electron chi connectivity index (χ1n) is 31.5. The van der Waals surface area contributed by atoms with Gasteiger partial charge < -0.3 is 9.31 Å². The zero-order chi connectivity index (χ0) is 68.2. The average Bonchev–Trinajstić information content (AvgIpc) is 1.06. The lowest BCUT2D eigenvalue weighted by Gasteiger charge is -2.37. The second-order valence-corrected chi connectivity index (χ2v) is 33.8. The number of nitrogens with one attached hydrogen (secondary N) is 2. The normalized spacial score (nSPS) is 23.0. The molecule has 0 spiro atoms. The maximum Gasteiger partial charge on any atom is 0.498 e. The van der Waals surface area contributed by atoms with E-state index in [1.165, 1.54) is 31.1 Å². The number of aryl methyl sites for hydroxylation is 4. The van der Waals surface area contributed by atoms with Crippen molar-refractivity contribution in [2.24, 2.45) is 0 Å². The maximum atomic E-state index is 15.0. The summed E-state index contributed by atoms with van der Waals surface area (Å²) in [5.74, 6) is -1.20. The number of nitrogens with zero attached hydrogens (tertiary/aromatic N) is 5. The van der Waals surface area contributed by atoms with Gasteiger partial charge in [0, 0.05) is 85.8 Å². The van der Waals surface area contributed by atoms with E-state index in [0.717, 1.165) is 75.3 Å². The van der Waals surface area contributed by atoms with Crippen LogP contribution in [0.1, 0.15) is 159 Å². The highest BCUT2D eigenvalue weighted by Gasteiger charge is 2.53. The maximum absolute atomic E-state index is 15.0. The molecule has 2 N–H and O–H groups in total. The van der Waals surface area contributed by atoms with Crippen molar-refractivity contribution >= 4 is 74.5 Å². The van der Waals surface area contributed by atoms with E-state index in [4.69, 9.17) is 9.31 Å². The zero-order valence-corrected chi connectivity index (χ0v) is 60.5. The van der Waals surface area contributed by atoms with Gasteiger partial charge in [0.2, 0.25) is 30.1 Å². The molecule has 6 atom stereocenters. The lowest BCUT2D eigenvalue weighted by atomic mass is 9.77. The summed E-state index contributed by atoms with van der Waals surface area (Å²) in [6.45, 7) is 21.7. The first kappa shape index (κ1) is 72.5. The fourth-order valence-corrected chi connectivity index (χ4v) is 19.8. The fourth-order valence-electron chi connectivity index (χ4n) is 12.5. The zero-order valence-electron chi connectivity index (χ0n) is 54.9. The van der Waals surface area contributed by atoms with E-state index < -0.39 is 63.3 Å². The topological polar surface area (TPSA) is 188 Å². The van der Waals surface area contributed by atoms with Crippen molar-refractivity contribution in [3.8, 4) is 11.1 Å². The molecule has 0 aliphatic carbocycles. The highest BCUT2D eigenvalue weighted by molar-refractivity contribution is 9.10. The first-order valence-corrected chi connectivity index (χ1v) is 37.6. The van der Waals surface area contributed by atoms with Crippen molar-refractivity contribution in [3.63, 3.8) is 0 Å². The predicted octanol–water partition coefficient (Wildman–Crippen LogP) is 15.5. The van der Waals surface area contributed by atoms with E-state index >= 15 is 4.39 Å². The van der Waals surface area contributed by atoms with Crippen molar-refractivity contribution in [2.75, 3.05) is 0 Å². The minimum Gasteiger partial charge on any atom is -0.399 e. The van der Waals surface area contributed by atoms with Crippen LogP contribution in [0.15, 0.2) is 155 Å². The molecule has 6 heterocycles. The molecule has 15 nitrogen and oxygen atoms in total. The smallest absolute Gasteiger partial charge is 0.399 e. The van der Waals surface area contributed by atoms with E-state index in [1.54, 1.807) is 30.3 Å². The summed E-state index contributed by atoms with van der Waals surface area (Å²) in [4.78, 5) is 0. The van der Waals surface area contributed by atoms with Gasteiger partial charge in [0.15, 0.2) is 0 Å². The molecule has 3 unspecified atom stereocenters. The third-order valence-corrected chi connectivity index (χ3v) is 26.8. The monoisotopic (exact) mass is 1470 g/mol. The number of aromatic nitrogens is 4. The summed E-state index contributed by atoms with van der Waals surface area (Å²) >= 11 is 6.45. The average molecular weight is 1470 g/mol. The van der Waals surface area contributed by atoms with Crippen LogP contribution in [0.4, 0.5) is 13.2 Å². The van der Waals surface area contributed by atoms with E-state index in [2.05, 4.69) is 79.9 Å². The summed E-state index contributed by atoms with van der Waals surface area (Å²) in [6, 6.07) is 41.8. The molecule has 4 aliphatic rings. The Labute approximate surface area is 570 Å². The quantitative estimate of drug-likeness (QED) is 0.118. The molecule has 0 amide bonds. The lowest BCUT2D eigenvalue weighted by Crippen LogP contribution is -2.44. The molecule has 0 radical (unpaired) electrons. The van der Waals surface area contributed by atoms with Crippen LogP contribution in [0.2, 0.25) is 0 Å². The molecule has 12 rings (SSSR count). The molecule has 4 saturated heterocycles. The molecule has 6 aromatic carbocycles. The summed E-state index contributed by atoms with van der Waals surface area (Å²) in [5.41, 5.74) is 9.21. The second-order valence-electron chi connectivity index (χ2n) is 25.8. The van der Waals surface area contributed by atoms with E-state index in [1.807, 2.05) is 146 Å². The Morgan fingerprint density at radius 1 is 0.479 bits per heavy atom. The Morgan fingerprint density at radius 3 is 1.12 bits per heavy atom. The van der Waals surface area contributed by atoms with Crippen LogP contribution in [0.5, 0.6) is 0 Å². The van der Waals surface area contributed by atoms with Crippen molar-refractivity contribution in [1.82, 2.24) is 33.3 Å². The van der Waals surface area contributed by atoms with Crippen LogP contribution in [-0.2, 0) is 59.0 Å². The third kappa shape index (κ3) is 16.1. The minimum atomic E-state index is -3.60. The molecule has 2 aromatic heterocycles. The first-order chi connectivity index (χ1) is 44.3. The van der Waals surface area contributed by atoms with Gasteiger partial charge in [-0.05, 0) is 167 Å². The molecule has 502 valence electrons. The number of hydrogen-bond donors (Lipinski definition) is 2. The second kappa shape index (κ2) is 29.9. The van der Waals surface area contributed by atoms with Crippen LogP contribution in [0.3, 0.4) is 0 Å².